The highest BCUT2D eigenvalue weighted by molar-refractivity contribution is 6.30. The zero-order valence-electron chi connectivity index (χ0n) is 16.5. The zero-order valence-corrected chi connectivity index (χ0v) is 17.3. The number of methoxy groups -OCH3 is 1. The van der Waals surface area contributed by atoms with Crippen molar-refractivity contribution in [1.29, 1.82) is 0 Å². The van der Waals surface area contributed by atoms with E-state index in [9.17, 15) is 4.79 Å². The maximum absolute atomic E-state index is 12.6. The molecule has 29 heavy (non-hydrogen) atoms. The Bertz CT molecular complexity index is 940. The summed E-state index contributed by atoms with van der Waals surface area (Å²) in [5.41, 5.74) is 2.48. The number of anilines is 1. The van der Waals surface area contributed by atoms with Crippen LogP contribution in [0.1, 0.15) is 18.9 Å². The highest BCUT2D eigenvalue weighted by Gasteiger charge is 2.17. The average molecular weight is 414 g/mol. The summed E-state index contributed by atoms with van der Waals surface area (Å²) in [5.74, 6) is 1.22. The number of hydrogen-bond donors (Lipinski definition) is 1. The molecule has 3 rings (SSSR count). The van der Waals surface area contributed by atoms with E-state index in [0.717, 1.165) is 24.1 Å². The van der Waals surface area contributed by atoms with Crippen LogP contribution in [0, 0.1) is 0 Å². The van der Waals surface area contributed by atoms with Crippen LogP contribution in [0.5, 0.6) is 5.75 Å². The Morgan fingerprint density at radius 3 is 2.69 bits per heavy atom. The van der Waals surface area contributed by atoms with Crippen LogP contribution in [0.25, 0.3) is 11.3 Å². The summed E-state index contributed by atoms with van der Waals surface area (Å²) in [6, 6.07) is 14.8. The molecule has 0 saturated heterocycles. The second-order valence-electron chi connectivity index (χ2n) is 6.65. The lowest BCUT2D eigenvalue weighted by Crippen LogP contribution is -2.33. The molecular formula is C22H24ClN3O3. The van der Waals surface area contributed by atoms with Crippen LogP contribution in [-0.2, 0) is 11.3 Å². The Morgan fingerprint density at radius 1 is 1.21 bits per heavy atom. The highest BCUT2D eigenvalue weighted by atomic mass is 35.5. The highest BCUT2D eigenvalue weighted by Crippen LogP contribution is 2.26. The predicted octanol–water partition coefficient (Wildman–Crippen LogP) is 4.85. The van der Waals surface area contributed by atoms with E-state index >= 15 is 0 Å². The summed E-state index contributed by atoms with van der Waals surface area (Å²) in [5, 5.41) is 7.54. The average Bonchev–Trinajstić information content (AvgIpc) is 3.17. The Balaban J connectivity index is 1.70. The van der Waals surface area contributed by atoms with Gasteiger partial charge in [0.05, 0.1) is 25.5 Å². The largest absolute Gasteiger partial charge is 0.495 e. The van der Waals surface area contributed by atoms with E-state index in [1.54, 1.807) is 13.3 Å². The van der Waals surface area contributed by atoms with Crippen LogP contribution in [0.2, 0.25) is 5.02 Å². The van der Waals surface area contributed by atoms with Crippen molar-refractivity contribution < 1.29 is 14.1 Å². The molecular weight excluding hydrogens is 390 g/mol. The molecule has 2 aromatic carbocycles. The second kappa shape index (κ2) is 10.1. The van der Waals surface area contributed by atoms with Gasteiger partial charge in [-0.05, 0) is 49.4 Å². The molecule has 0 atom stereocenters. The predicted molar refractivity (Wildman–Crippen MR) is 114 cm³/mol. The first-order valence-corrected chi connectivity index (χ1v) is 9.83. The molecule has 1 amide bonds. The maximum atomic E-state index is 12.6. The van der Waals surface area contributed by atoms with Gasteiger partial charge in [-0.3, -0.25) is 9.69 Å². The molecule has 0 unspecified atom stereocenters. The number of carbonyl (C=O) groups is 1. The van der Waals surface area contributed by atoms with Crippen LogP contribution in [0.4, 0.5) is 5.69 Å². The van der Waals surface area contributed by atoms with Gasteiger partial charge in [0.25, 0.3) is 0 Å². The van der Waals surface area contributed by atoms with Gasteiger partial charge in [0, 0.05) is 22.7 Å². The molecule has 0 aliphatic carbocycles. The third-order valence-corrected chi connectivity index (χ3v) is 4.68. The van der Waals surface area contributed by atoms with E-state index in [-0.39, 0.29) is 12.5 Å². The minimum absolute atomic E-state index is 0.104. The van der Waals surface area contributed by atoms with Crippen LogP contribution in [-0.4, -0.2) is 36.2 Å². The Labute approximate surface area is 175 Å². The number of halogens is 1. The molecule has 0 radical (unpaired) electrons. The first-order chi connectivity index (χ1) is 14.1. The quantitative estimate of drug-likeness (QED) is 0.542. The molecule has 0 aliphatic heterocycles. The molecule has 1 N–H and O–H groups in total. The van der Waals surface area contributed by atoms with Gasteiger partial charge in [-0.2, -0.15) is 0 Å². The Hall–Kier alpha value is -2.83. The molecule has 0 bridgehead atoms. The number of carbonyl (C=O) groups excluding carboxylic acids is 1. The summed E-state index contributed by atoms with van der Waals surface area (Å²) in [6.07, 6.45) is 2.62. The number of nitrogens with zero attached hydrogens (tertiary/aromatic N) is 2. The van der Waals surface area contributed by atoms with Crippen molar-refractivity contribution in [2.24, 2.45) is 0 Å². The monoisotopic (exact) mass is 413 g/mol. The maximum Gasteiger partial charge on any atom is 0.238 e. The van der Waals surface area contributed by atoms with Gasteiger partial charge in [0.15, 0.2) is 5.76 Å². The summed E-state index contributed by atoms with van der Waals surface area (Å²) < 4.78 is 10.8. The van der Waals surface area contributed by atoms with Gasteiger partial charge in [-0.15, -0.1) is 0 Å². The van der Waals surface area contributed by atoms with Crippen molar-refractivity contribution >= 4 is 23.2 Å². The molecule has 1 aromatic heterocycles. The SMILES string of the molecule is CCCN(CC(=O)Nc1ccccc1OC)Cc1cnoc1-c1ccc(Cl)cc1. The van der Waals surface area contributed by atoms with E-state index in [2.05, 4.69) is 22.3 Å². The summed E-state index contributed by atoms with van der Waals surface area (Å²) in [4.78, 5) is 14.7. The van der Waals surface area contributed by atoms with Crippen LogP contribution < -0.4 is 10.1 Å². The fraction of sp³-hybridized carbons (Fsp3) is 0.273. The molecule has 0 saturated carbocycles. The number of rotatable bonds is 9. The number of ether oxygens (including phenoxy) is 1. The topological polar surface area (TPSA) is 67.6 Å². The van der Waals surface area contributed by atoms with E-state index in [1.807, 2.05) is 48.5 Å². The second-order valence-corrected chi connectivity index (χ2v) is 7.08. The molecule has 1 heterocycles. The standard InChI is InChI=1S/C22H24ClN3O3/c1-3-12-26(15-21(27)25-19-6-4-5-7-20(19)28-2)14-17-13-24-29-22(17)16-8-10-18(23)11-9-16/h4-11,13H,3,12,14-15H2,1-2H3,(H,25,27). The normalized spacial score (nSPS) is 10.9. The lowest BCUT2D eigenvalue weighted by atomic mass is 10.1. The van der Waals surface area contributed by atoms with Crippen molar-refractivity contribution in [3.05, 3.63) is 65.3 Å². The van der Waals surface area contributed by atoms with Crippen LogP contribution in [0.15, 0.2) is 59.3 Å². The summed E-state index contributed by atoms with van der Waals surface area (Å²) >= 11 is 5.98. The lowest BCUT2D eigenvalue weighted by Gasteiger charge is -2.21. The van der Waals surface area contributed by atoms with Gasteiger partial charge in [-0.25, -0.2) is 0 Å². The zero-order chi connectivity index (χ0) is 20.6. The van der Waals surface area contributed by atoms with Gasteiger partial charge >= 0.3 is 0 Å². The van der Waals surface area contributed by atoms with Gasteiger partial charge in [-0.1, -0.05) is 35.8 Å². The number of hydrogen-bond acceptors (Lipinski definition) is 5. The van der Waals surface area contributed by atoms with E-state index in [1.165, 1.54) is 0 Å². The first-order valence-electron chi connectivity index (χ1n) is 9.45. The number of para-hydroxylation sites is 2. The number of benzene rings is 2. The van der Waals surface area contributed by atoms with Crippen molar-refractivity contribution in [1.82, 2.24) is 10.1 Å². The summed E-state index contributed by atoms with van der Waals surface area (Å²) in [6.45, 7) is 3.65. The van der Waals surface area contributed by atoms with Gasteiger partial charge < -0.3 is 14.6 Å². The molecule has 152 valence electrons. The Kier molecular flexibility index (Phi) is 7.27. The number of aromatic nitrogens is 1. The third kappa shape index (κ3) is 5.59. The fourth-order valence-corrected chi connectivity index (χ4v) is 3.25. The minimum atomic E-state index is -0.104. The molecule has 0 aliphatic rings. The molecule has 0 fully saturated rings. The van der Waals surface area contributed by atoms with Crippen molar-refractivity contribution in [2.75, 3.05) is 25.5 Å². The van der Waals surface area contributed by atoms with Gasteiger partial charge in [0.2, 0.25) is 5.91 Å². The smallest absolute Gasteiger partial charge is 0.238 e. The van der Waals surface area contributed by atoms with Gasteiger partial charge in [0.1, 0.15) is 5.75 Å². The third-order valence-electron chi connectivity index (χ3n) is 4.43. The van der Waals surface area contributed by atoms with E-state index < -0.39 is 0 Å². The summed E-state index contributed by atoms with van der Waals surface area (Å²) in [7, 11) is 1.58. The van der Waals surface area contributed by atoms with Crippen LogP contribution >= 0.6 is 11.6 Å². The lowest BCUT2D eigenvalue weighted by molar-refractivity contribution is -0.117. The molecule has 0 spiro atoms. The van der Waals surface area contributed by atoms with E-state index in [4.69, 9.17) is 20.9 Å². The minimum Gasteiger partial charge on any atom is -0.495 e. The Morgan fingerprint density at radius 2 is 1.97 bits per heavy atom. The van der Waals surface area contributed by atoms with Crippen LogP contribution in [0.3, 0.4) is 0 Å². The van der Waals surface area contributed by atoms with Crippen molar-refractivity contribution in [2.45, 2.75) is 19.9 Å². The van der Waals surface area contributed by atoms with Crippen molar-refractivity contribution in [3.8, 4) is 17.1 Å². The fourth-order valence-electron chi connectivity index (χ4n) is 3.12. The molecule has 6 nitrogen and oxygen atoms in total. The van der Waals surface area contributed by atoms with E-state index in [0.29, 0.717) is 28.8 Å². The molecule has 3 aromatic rings. The van der Waals surface area contributed by atoms with Crippen molar-refractivity contribution in [3.63, 3.8) is 0 Å². The number of amides is 1. The molecule has 7 heteroatoms. The number of nitrogens with one attached hydrogen (secondary N) is 1. The first kappa shape index (κ1) is 20.9.